The molecule has 0 fully saturated rings. The van der Waals surface area contributed by atoms with Crippen molar-refractivity contribution in [2.45, 2.75) is 9.79 Å². The van der Waals surface area contributed by atoms with Crippen LogP contribution in [-0.4, -0.2) is 31.0 Å². The second kappa shape index (κ2) is 4.17. The van der Waals surface area contributed by atoms with E-state index < -0.39 is 35.8 Å². The standard InChI is InChI=1S/C10H8O7S2/c11-8-3-1-2-6-4-7(18(12,13)14)5-9(10(6)8)19(15,16)17/h1-5,11H,(H,12,13,14)(H,15,16,17). The topological polar surface area (TPSA) is 129 Å². The first-order valence-corrected chi connectivity index (χ1v) is 7.69. The summed E-state index contributed by atoms with van der Waals surface area (Å²) in [7, 11) is -9.42. The summed E-state index contributed by atoms with van der Waals surface area (Å²) >= 11 is 0. The Hall–Kier alpha value is -1.68. The van der Waals surface area contributed by atoms with E-state index in [1.165, 1.54) is 18.2 Å². The van der Waals surface area contributed by atoms with Crippen molar-refractivity contribution in [3.63, 3.8) is 0 Å². The number of hydrogen-bond acceptors (Lipinski definition) is 5. The summed E-state index contributed by atoms with van der Waals surface area (Å²) in [6, 6.07) is 5.44. The van der Waals surface area contributed by atoms with Crippen LogP contribution >= 0.6 is 0 Å². The highest BCUT2D eigenvalue weighted by Crippen LogP contribution is 2.33. The summed E-state index contributed by atoms with van der Waals surface area (Å²) < 4.78 is 62.6. The zero-order valence-corrected chi connectivity index (χ0v) is 10.8. The van der Waals surface area contributed by atoms with Crippen molar-refractivity contribution < 1.29 is 31.0 Å². The van der Waals surface area contributed by atoms with Crippen LogP contribution in [0.5, 0.6) is 5.75 Å². The molecule has 0 atom stereocenters. The van der Waals surface area contributed by atoms with Crippen LogP contribution in [0.15, 0.2) is 40.1 Å². The van der Waals surface area contributed by atoms with Gasteiger partial charge in [-0.3, -0.25) is 9.11 Å². The molecule has 0 saturated carbocycles. The van der Waals surface area contributed by atoms with Gasteiger partial charge in [0.15, 0.2) is 0 Å². The number of aromatic hydroxyl groups is 1. The minimum atomic E-state index is -4.77. The molecule has 0 aromatic heterocycles. The maximum atomic E-state index is 11.2. The lowest BCUT2D eigenvalue weighted by molar-refractivity contribution is 0.473. The fourth-order valence-corrected chi connectivity index (χ4v) is 3.07. The van der Waals surface area contributed by atoms with E-state index in [9.17, 15) is 21.9 Å². The third kappa shape index (κ3) is 2.54. The molecule has 0 unspecified atom stereocenters. The Bertz CT molecular complexity index is 866. The quantitative estimate of drug-likeness (QED) is 0.707. The molecule has 0 amide bonds. The van der Waals surface area contributed by atoms with Crippen molar-refractivity contribution in [3.05, 3.63) is 30.3 Å². The van der Waals surface area contributed by atoms with Gasteiger partial charge in [-0.2, -0.15) is 16.8 Å². The van der Waals surface area contributed by atoms with Crippen molar-refractivity contribution in [1.82, 2.24) is 0 Å². The summed E-state index contributed by atoms with van der Waals surface area (Å²) in [5.74, 6) is -0.438. The summed E-state index contributed by atoms with van der Waals surface area (Å²) in [5.41, 5.74) is 0. The highest BCUT2D eigenvalue weighted by atomic mass is 32.2. The zero-order chi connectivity index (χ0) is 14.4. The molecule has 7 nitrogen and oxygen atoms in total. The number of rotatable bonds is 2. The Balaban J connectivity index is 3.07. The lowest BCUT2D eigenvalue weighted by Gasteiger charge is -2.08. The normalized spacial score (nSPS) is 12.7. The summed E-state index contributed by atoms with van der Waals surface area (Å²) in [6.45, 7) is 0. The molecule has 102 valence electrons. The van der Waals surface area contributed by atoms with Crippen LogP contribution in [0.3, 0.4) is 0 Å². The van der Waals surface area contributed by atoms with Gasteiger partial charge in [-0.1, -0.05) is 12.1 Å². The van der Waals surface area contributed by atoms with Crippen molar-refractivity contribution >= 4 is 31.0 Å². The first kappa shape index (κ1) is 13.7. The minimum absolute atomic E-state index is 0.0442. The molecule has 2 aromatic carbocycles. The molecular weight excluding hydrogens is 296 g/mol. The minimum Gasteiger partial charge on any atom is -0.507 e. The van der Waals surface area contributed by atoms with Gasteiger partial charge in [0.05, 0.1) is 4.90 Å². The second-order valence-corrected chi connectivity index (χ2v) is 6.56. The van der Waals surface area contributed by atoms with Gasteiger partial charge in [0.1, 0.15) is 10.6 Å². The smallest absolute Gasteiger partial charge is 0.295 e. The van der Waals surface area contributed by atoms with E-state index in [-0.39, 0.29) is 10.8 Å². The average Bonchev–Trinajstić information content (AvgIpc) is 2.25. The highest BCUT2D eigenvalue weighted by Gasteiger charge is 2.21. The molecule has 0 aliphatic rings. The first-order valence-electron chi connectivity index (χ1n) is 4.81. The van der Waals surface area contributed by atoms with E-state index in [2.05, 4.69) is 0 Å². The molecular formula is C10H8O7S2. The largest absolute Gasteiger partial charge is 0.507 e. The van der Waals surface area contributed by atoms with Gasteiger partial charge in [-0.15, -0.1) is 0 Å². The molecule has 0 aliphatic heterocycles. The Kier molecular flexibility index (Phi) is 3.01. The number of phenols is 1. The SMILES string of the molecule is O=S(=O)(O)c1cc(S(=O)(=O)O)c2c(O)cccc2c1. The van der Waals surface area contributed by atoms with Gasteiger partial charge in [0, 0.05) is 5.39 Å². The van der Waals surface area contributed by atoms with Crippen molar-refractivity contribution in [3.8, 4) is 5.75 Å². The van der Waals surface area contributed by atoms with Crippen LogP contribution in [0, 0.1) is 0 Å². The van der Waals surface area contributed by atoms with Gasteiger partial charge < -0.3 is 5.11 Å². The Morgan fingerprint density at radius 1 is 0.895 bits per heavy atom. The molecule has 0 spiro atoms. The van der Waals surface area contributed by atoms with Gasteiger partial charge in [-0.05, 0) is 23.6 Å². The number of fused-ring (bicyclic) bond motifs is 1. The van der Waals surface area contributed by atoms with Gasteiger partial charge in [-0.25, -0.2) is 0 Å². The maximum Gasteiger partial charge on any atom is 0.295 e. The predicted molar refractivity (Wildman–Crippen MR) is 65.2 cm³/mol. The molecule has 3 N–H and O–H groups in total. The summed E-state index contributed by atoms with van der Waals surface area (Å²) in [6.07, 6.45) is 0. The van der Waals surface area contributed by atoms with Gasteiger partial charge >= 0.3 is 0 Å². The monoisotopic (exact) mass is 304 g/mol. The Morgan fingerprint density at radius 2 is 1.53 bits per heavy atom. The molecule has 9 heteroatoms. The van der Waals surface area contributed by atoms with Crippen LogP contribution in [0.25, 0.3) is 10.8 Å². The van der Waals surface area contributed by atoms with Crippen LogP contribution in [0.1, 0.15) is 0 Å². The third-order valence-corrected chi connectivity index (χ3v) is 4.18. The summed E-state index contributed by atoms with van der Waals surface area (Å²) in [4.78, 5) is -1.49. The van der Waals surface area contributed by atoms with E-state index >= 15 is 0 Å². The molecule has 0 bridgehead atoms. The third-order valence-electron chi connectivity index (χ3n) is 2.47. The average molecular weight is 304 g/mol. The van der Waals surface area contributed by atoms with Crippen LogP contribution in [0.2, 0.25) is 0 Å². The lowest BCUT2D eigenvalue weighted by Crippen LogP contribution is -2.04. The number of hydrogen-bond donors (Lipinski definition) is 3. The van der Waals surface area contributed by atoms with E-state index in [1.54, 1.807) is 0 Å². The second-order valence-electron chi connectivity index (χ2n) is 3.75. The molecule has 0 heterocycles. The number of phenolic OH excluding ortho intramolecular Hbond substituents is 1. The molecule has 0 aliphatic carbocycles. The molecule has 19 heavy (non-hydrogen) atoms. The molecule has 2 aromatic rings. The van der Waals surface area contributed by atoms with E-state index in [1.807, 2.05) is 0 Å². The molecule has 0 radical (unpaired) electrons. The van der Waals surface area contributed by atoms with Crippen LogP contribution in [0.4, 0.5) is 0 Å². The fraction of sp³-hybridized carbons (Fsp3) is 0. The maximum absolute atomic E-state index is 11.2. The van der Waals surface area contributed by atoms with Crippen molar-refractivity contribution in [2.24, 2.45) is 0 Å². The summed E-state index contributed by atoms with van der Waals surface area (Å²) in [5, 5.41) is 9.44. The lowest BCUT2D eigenvalue weighted by atomic mass is 10.1. The molecule has 2 rings (SSSR count). The van der Waals surface area contributed by atoms with Crippen LogP contribution in [-0.2, 0) is 20.2 Å². The van der Waals surface area contributed by atoms with Crippen LogP contribution < -0.4 is 0 Å². The Morgan fingerprint density at radius 3 is 2.05 bits per heavy atom. The van der Waals surface area contributed by atoms with Gasteiger partial charge in [0.25, 0.3) is 20.2 Å². The van der Waals surface area contributed by atoms with E-state index in [4.69, 9.17) is 9.11 Å². The molecule has 0 saturated heterocycles. The zero-order valence-electron chi connectivity index (χ0n) is 9.18. The highest BCUT2D eigenvalue weighted by molar-refractivity contribution is 7.86. The van der Waals surface area contributed by atoms with E-state index in [0.29, 0.717) is 6.07 Å². The van der Waals surface area contributed by atoms with E-state index in [0.717, 1.165) is 6.07 Å². The Labute approximate surface area is 108 Å². The van der Waals surface area contributed by atoms with Crippen molar-refractivity contribution in [2.75, 3.05) is 0 Å². The van der Waals surface area contributed by atoms with Gasteiger partial charge in [0.2, 0.25) is 0 Å². The first-order chi connectivity index (χ1) is 8.60. The predicted octanol–water partition coefficient (Wildman–Crippen LogP) is 1.04. The van der Waals surface area contributed by atoms with Crippen molar-refractivity contribution in [1.29, 1.82) is 0 Å². The fourth-order valence-electron chi connectivity index (χ4n) is 1.69. The number of benzene rings is 2.